The summed E-state index contributed by atoms with van der Waals surface area (Å²) in [5, 5.41) is 11.4. The molecule has 22 heavy (non-hydrogen) atoms. The van der Waals surface area contributed by atoms with E-state index in [1.165, 1.54) is 12.1 Å². The van der Waals surface area contributed by atoms with Crippen LogP contribution >= 0.6 is 0 Å². The van der Waals surface area contributed by atoms with Crippen molar-refractivity contribution in [2.45, 2.75) is 18.8 Å². The van der Waals surface area contributed by atoms with Gasteiger partial charge in [0.25, 0.3) is 5.56 Å². The molecule has 0 spiro atoms. The van der Waals surface area contributed by atoms with E-state index in [0.717, 1.165) is 43.6 Å². The van der Waals surface area contributed by atoms with Gasteiger partial charge in [-0.05, 0) is 51.0 Å². The van der Waals surface area contributed by atoms with Crippen molar-refractivity contribution in [3.05, 3.63) is 34.0 Å². The second kappa shape index (κ2) is 5.05. The lowest BCUT2D eigenvalue weighted by atomic mass is 9.79. The molecule has 0 saturated carbocycles. The Hall–Kier alpha value is -1.95. The highest BCUT2D eigenvalue weighted by Crippen LogP contribution is 2.40. The highest BCUT2D eigenvalue weighted by molar-refractivity contribution is 5.96. The number of anilines is 1. The average molecular weight is 302 g/mol. The molecule has 2 aromatic rings. The van der Waals surface area contributed by atoms with Gasteiger partial charge in [-0.25, -0.2) is 9.49 Å². The van der Waals surface area contributed by atoms with E-state index < -0.39 is 5.82 Å². The van der Waals surface area contributed by atoms with Crippen LogP contribution in [0.1, 0.15) is 24.5 Å². The Labute approximate surface area is 127 Å². The molecule has 0 aliphatic carbocycles. The third kappa shape index (κ3) is 2.09. The van der Waals surface area contributed by atoms with Crippen molar-refractivity contribution in [2.24, 2.45) is 5.92 Å². The maximum Gasteiger partial charge on any atom is 0.272 e. The molecule has 2 aliphatic rings. The molecule has 1 aromatic heterocycles. The van der Waals surface area contributed by atoms with E-state index in [4.69, 9.17) is 0 Å². The van der Waals surface area contributed by atoms with Crippen LogP contribution in [0, 0.1) is 11.7 Å². The quantitative estimate of drug-likeness (QED) is 0.845. The normalized spacial score (nSPS) is 22.7. The first kappa shape index (κ1) is 13.7. The minimum atomic E-state index is -0.393. The number of aromatic amines is 1. The number of hydrogen-bond acceptors (Lipinski definition) is 4. The molecule has 1 aromatic carbocycles. The van der Waals surface area contributed by atoms with E-state index in [2.05, 4.69) is 27.5 Å². The lowest BCUT2D eigenvalue weighted by molar-refractivity contribution is 0.199. The van der Waals surface area contributed by atoms with Crippen LogP contribution in [0.4, 0.5) is 10.1 Å². The predicted octanol–water partition coefficient (Wildman–Crippen LogP) is 1.91. The first-order valence-corrected chi connectivity index (χ1v) is 7.77. The van der Waals surface area contributed by atoms with Crippen LogP contribution in [0.3, 0.4) is 0 Å². The van der Waals surface area contributed by atoms with Crippen LogP contribution < -0.4 is 10.9 Å². The standard InChI is InChI=1S/C16H19FN4O/c1-21-4-2-9(3-5-21)12-8-18-13-7-10(17)6-11-14(13)15(12)19-20-16(11)22/h6-7,9,12,18H,2-5,8H2,1H3,(H,20,22)/t12-/m1/s1. The molecule has 2 N–H and O–H groups in total. The van der Waals surface area contributed by atoms with Gasteiger partial charge in [-0.3, -0.25) is 4.79 Å². The fourth-order valence-corrected chi connectivity index (χ4v) is 3.83. The van der Waals surface area contributed by atoms with Crippen LogP contribution in [0.2, 0.25) is 0 Å². The topological polar surface area (TPSA) is 61.0 Å². The van der Waals surface area contributed by atoms with E-state index in [1.807, 2.05) is 0 Å². The first-order chi connectivity index (χ1) is 10.6. The van der Waals surface area contributed by atoms with Crippen LogP contribution in [0.15, 0.2) is 16.9 Å². The summed E-state index contributed by atoms with van der Waals surface area (Å²) in [6, 6.07) is 2.76. The Morgan fingerprint density at radius 3 is 2.86 bits per heavy atom. The molecule has 0 amide bonds. The van der Waals surface area contributed by atoms with Crippen LogP contribution in [-0.4, -0.2) is 41.8 Å². The van der Waals surface area contributed by atoms with E-state index in [9.17, 15) is 9.18 Å². The van der Waals surface area contributed by atoms with Crippen LogP contribution in [0.25, 0.3) is 10.8 Å². The molecule has 5 nitrogen and oxygen atoms in total. The number of aromatic nitrogens is 2. The van der Waals surface area contributed by atoms with Gasteiger partial charge in [-0.1, -0.05) is 0 Å². The van der Waals surface area contributed by atoms with Crippen molar-refractivity contribution in [1.82, 2.24) is 15.1 Å². The fourth-order valence-electron chi connectivity index (χ4n) is 3.83. The van der Waals surface area contributed by atoms with Gasteiger partial charge >= 0.3 is 0 Å². The minimum absolute atomic E-state index is 0.269. The van der Waals surface area contributed by atoms with E-state index in [1.54, 1.807) is 0 Å². The second-order valence-electron chi connectivity index (χ2n) is 6.44. The molecule has 1 fully saturated rings. The summed E-state index contributed by atoms with van der Waals surface area (Å²) in [7, 11) is 2.14. The van der Waals surface area contributed by atoms with E-state index in [-0.39, 0.29) is 11.5 Å². The number of hydrogen-bond donors (Lipinski definition) is 2. The zero-order valence-electron chi connectivity index (χ0n) is 12.5. The lowest BCUT2D eigenvalue weighted by Crippen LogP contribution is -2.36. The predicted molar refractivity (Wildman–Crippen MR) is 83.8 cm³/mol. The van der Waals surface area contributed by atoms with Crippen molar-refractivity contribution >= 4 is 16.5 Å². The molecule has 116 valence electrons. The molecule has 6 heteroatoms. The number of nitrogens with zero attached hydrogens (tertiary/aromatic N) is 2. The summed E-state index contributed by atoms with van der Waals surface area (Å²) in [5.74, 6) is 0.421. The monoisotopic (exact) mass is 302 g/mol. The smallest absolute Gasteiger partial charge is 0.272 e. The van der Waals surface area contributed by atoms with Crippen molar-refractivity contribution in [1.29, 1.82) is 0 Å². The molecule has 2 aliphatic heterocycles. The van der Waals surface area contributed by atoms with Crippen molar-refractivity contribution < 1.29 is 4.39 Å². The van der Waals surface area contributed by atoms with Gasteiger partial charge in [0.15, 0.2) is 0 Å². The molecule has 4 rings (SSSR count). The van der Waals surface area contributed by atoms with Gasteiger partial charge in [-0.15, -0.1) is 0 Å². The first-order valence-electron chi connectivity index (χ1n) is 7.77. The summed E-state index contributed by atoms with van der Waals surface area (Å²) in [6.07, 6.45) is 2.25. The van der Waals surface area contributed by atoms with Crippen molar-refractivity contribution in [2.75, 3.05) is 32.0 Å². The summed E-state index contributed by atoms with van der Waals surface area (Å²) < 4.78 is 13.7. The van der Waals surface area contributed by atoms with Crippen LogP contribution in [0.5, 0.6) is 0 Å². The molecule has 1 saturated heterocycles. The Kier molecular flexibility index (Phi) is 3.14. The third-order valence-electron chi connectivity index (χ3n) is 5.08. The third-order valence-corrected chi connectivity index (χ3v) is 5.08. The highest BCUT2D eigenvalue weighted by Gasteiger charge is 2.32. The second-order valence-corrected chi connectivity index (χ2v) is 6.44. The number of likely N-dealkylation sites (tertiary alicyclic amines) is 1. The molecular weight excluding hydrogens is 283 g/mol. The maximum atomic E-state index is 13.7. The van der Waals surface area contributed by atoms with Crippen molar-refractivity contribution in [3.8, 4) is 0 Å². The van der Waals surface area contributed by atoms with Gasteiger partial charge in [0.2, 0.25) is 0 Å². The van der Waals surface area contributed by atoms with Crippen molar-refractivity contribution in [3.63, 3.8) is 0 Å². The zero-order valence-corrected chi connectivity index (χ0v) is 12.5. The average Bonchev–Trinajstić information content (AvgIpc) is 2.51. The lowest BCUT2D eigenvalue weighted by Gasteiger charge is -2.36. The number of piperidine rings is 1. The number of rotatable bonds is 1. The summed E-state index contributed by atoms with van der Waals surface area (Å²) >= 11 is 0. The zero-order chi connectivity index (χ0) is 15.3. The number of H-pyrrole nitrogens is 1. The molecule has 0 unspecified atom stereocenters. The Bertz CT molecular complexity index is 780. The minimum Gasteiger partial charge on any atom is -0.384 e. The van der Waals surface area contributed by atoms with Gasteiger partial charge in [0.1, 0.15) is 5.82 Å². The molecule has 0 bridgehead atoms. The maximum absolute atomic E-state index is 13.7. The molecule has 1 atom stereocenters. The Balaban J connectivity index is 1.83. The summed E-state index contributed by atoms with van der Waals surface area (Å²) in [5.41, 5.74) is 1.27. The largest absolute Gasteiger partial charge is 0.384 e. The molecule has 0 radical (unpaired) electrons. The summed E-state index contributed by atoms with van der Waals surface area (Å²) in [6.45, 7) is 2.92. The summed E-state index contributed by atoms with van der Waals surface area (Å²) in [4.78, 5) is 14.3. The number of benzene rings is 1. The highest BCUT2D eigenvalue weighted by atomic mass is 19.1. The Morgan fingerprint density at radius 2 is 2.09 bits per heavy atom. The van der Waals surface area contributed by atoms with Gasteiger partial charge < -0.3 is 10.2 Å². The SMILES string of the molecule is CN1CCC([C@H]2CNc3cc(F)cc4c(=O)[nH]nc2c34)CC1. The number of nitrogens with one attached hydrogen (secondary N) is 2. The van der Waals surface area contributed by atoms with Gasteiger partial charge in [-0.2, -0.15) is 5.10 Å². The number of halogens is 1. The Morgan fingerprint density at radius 1 is 1.32 bits per heavy atom. The molecule has 3 heterocycles. The molecular formula is C16H19FN4O. The van der Waals surface area contributed by atoms with Gasteiger partial charge in [0.05, 0.1) is 11.1 Å². The van der Waals surface area contributed by atoms with Gasteiger partial charge in [0, 0.05) is 23.5 Å². The fraction of sp³-hybridized carbons (Fsp3) is 0.500. The van der Waals surface area contributed by atoms with E-state index in [0.29, 0.717) is 17.0 Å². The van der Waals surface area contributed by atoms with Crippen LogP contribution in [-0.2, 0) is 0 Å². The van der Waals surface area contributed by atoms with E-state index >= 15 is 0 Å².